The lowest BCUT2D eigenvalue weighted by atomic mass is 10.2. The van der Waals surface area contributed by atoms with Crippen molar-refractivity contribution < 1.29 is 19.0 Å². The van der Waals surface area contributed by atoms with Crippen LogP contribution in [0.3, 0.4) is 0 Å². The van der Waals surface area contributed by atoms with E-state index in [1.54, 1.807) is 7.11 Å². The molecule has 0 spiro atoms. The van der Waals surface area contributed by atoms with Gasteiger partial charge in [-0.05, 0) is 49.7 Å². The van der Waals surface area contributed by atoms with Crippen molar-refractivity contribution in [2.24, 2.45) is 0 Å². The van der Waals surface area contributed by atoms with E-state index in [9.17, 15) is 4.79 Å². The minimum Gasteiger partial charge on any atom is -0.497 e. The van der Waals surface area contributed by atoms with Crippen LogP contribution in [0.4, 0.5) is 0 Å². The van der Waals surface area contributed by atoms with E-state index in [1.165, 1.54) is 0 Å². The summed E-state index contributed by atoms with van der Waals surface area (Å²) in [6, 6.07) is 14.8. The van der Waals surface area contributed by atoms with Gasteiger partial charge in [-0.1, -0.05) is 18.2 Å². The third-order valence-corrected chi connectivity index (χ3v) is 3.42. The first-order valence-corrected chi connectivity index (χ1v) is 7.83. The molecule has 5 heteroatoms. The highest BCUT2D eigenvalue weighted by Crippen LogP contribution is 2.17. The van der Waals surface area contributed by atoms with Gasteiger partial charge in [0.25, 0.3) is 5.91 Å². The van der Waals surface area contributed by atoms with E-state index in [4.69, 9.17) is 14.2 Å². The fourth-order valence-electron chi connectivity index (χ4n) is 2.11. The van der Waals surface area contributed by atoms with Gasteiger partial charge in [0.15, 0.2) is 6.61 Å². The summed E-state index contributed by atoms with van der Waals surface area (Å²) in [7, 11) is 1.62. The molecule has 0 aliphatic heterocycles. The molecule has 2 rings (SSSR count). The molecule has 0 saturated heterocycles. The van der Waals surface area contributed by atoms with Crippen molar-refractivity contribution >= 4 is 5.91 Å². The Hall–Kier alpha value is -2.69. The van der Waals surface area contributed by atoms with Crippen LogP contribution < -0.4 is 19.5 Å². The molecule has 0 aliphatic carbocycles. The number of hydrogen-bond donors (Lipinski definition) is 1. The summed E-state index contributed by atoms with van der Waals surface area (Å²) in [6.07, 6.45) is 0. The Kier molecular flexibility index (Phi) is 6.49. The largest absolute Gasteiger partial charge is 0.497 e. The number of amides is 1. The highest BCUT2D eigenvalue weighted by atomic mass is 16.5. The van der Waals surface area contributed by atoms with Gasteiger partial charge in [0.2, 0.25) is 0 Å². The third kappa shape index (κ3) is 5.50. The van der Waals surface area contributed by atoms with Crippen molar-refractivity contribution in [3.05, 3.63) is 54.1 Å². The Labute approximate surface area is 142 Å². The fourth-order valence-corrected chi connectivity index (χ4v) is 2.11. The standard InChI is InChI=1S/C19H23NO4/c1-14-6-4-5-7-18(14)24-13-19(21)20-15(2)12-23-17-10-8-16(22-3)9-11-17/h4-11,15H,12-13H2,1-3H3,(H,20,21). The number of methoxy groups -OCH3 is 1. The van der Waals surface area contributed by atoms with E-state index in [0.29, 0.717) is 6.61 Å². The summed E-state index contributed by atoms with van der Waals surface area (Å²) < 4.78 is 16.3. The molecule has 2 aromatic rings. The fraction of sp³-hybridized carbons (Fsp3) is 0.316. The third-order valence-electron chi connectivity index (χ3n) is 3.42. The lowest BCUT2D eigenvalue weighted by molar-refractivity contribution is -0.123. The molecule has 5 nitrogen and oxygen atoms in total. The zero-order chi connectivity index (χ0) is 17.4. The average molecular weight is 329 g/mol. The topological polar surface area (TPSA) is 56.8 Å². The van der Waals surface area contributed by atoms with Crippen LogP contribution in [0.25, 0.3) is 0 Å². The number of aryl methyl sites for hydroxylation is 1. The maximum absolute atomic E-state index is 11.9. The number of para-hydroxylation sites is 1. The number of benzene rings is 2. The minimum absolute atomic E-state index is 0.0161. The van der Waals surface area contributed by atoms with Gasteiger partial charge in [0.05, 0.1) is 13.2 Å². The predicted molar refractivity (Wildman–Crippen MR) is 92.8 cm³/mol. The summed E-state index contributed by atoms with van der Waals surface area (Å²) in [4.78, 5) is 11.9. The normalized spacial score (nSPS) is 11.5. The van der Waals surface area contributed by atoms with E-state index < -0.39 is 0 Å². The SMILES string of the molecule is COc1ccc(OCC(C)NC(=O)COc2ccccc2C)cc1. The first-order valence-electron chi connectivity index (χ1n) is 7.83. The molecule has 0 fully saturated rings. The molecule has 1 atom stereocenters. The number of carbonyl (C=O) groups excluding carboxylic acids is 1. The Bertz CT molecular complexity index is 655. The van der Waals surface area contributed by atoms with Gasteiger partial charge < -0.3 is 19.5 Å². The van der Waals surface area contributed by atoms with Crippen molar-refractivity contribution in [1.29, 1.82) is 0 Å². The van der Waals surface area contributed by atoms with Crippen LogP contribution in [0.15, 0.2) is 48.5 Å². The molecule has 0 radical (unpaired) electrons. The Morgan fingerprint density at radius 1 is 1.04 bits per heavy atom. The van der Waals surface area contributed by atoms with Gasteiger partial charge in [-0.15, -0.1) is 0 Å². The zero-order valence-electron chi connectivity index (χ0n) is 14.2. The summed E-state index contributed by atoms with van der Waals surface area (Å²) >= 11 is 0. The van der Waals surface area contributed by atoms with Gasteiger partial charge in [-0.2, -0.15) is 0 Å². The number of hydrogen-bond acceptors (Lipinski definition) is 4. The number of ether oxygens (including phenoxy) is 3. The molecular weight excluding hydrogens is 306 g/mol. The van der Waals surface area contributed by atoms with Gasteiger partial charge in [-0.25, -0.2) is 0 Å². The van der Waals surface area contributed by atoms with Crippen molar-refractivity contribution in [1.82, 2.24) is 5.32 Å². The molecular formula is C19H23NO4. The molecule has 1 unspecified atom stereocenters. The maximum Gasteiger partial charge on any atom is 0.258 e. The second kappa shape index (κ2) is 8.82. The van der Waals surface area contributed by atoms with Gasteiger partial charge in [0, 0.05) is 0 Å². The number of nitrogens with one attached hydrogen (secondary N) is 1. The molecule has 0 aromatic heterocycles. The van der Waals surface area contributed by atoms with E-state index in [-0.39, 0.29) is 18.6 Å². The van der Waals surface area contributed by atoms with Gasteiger partial charge >= 0.3 is 0 Å². The first-order chi connectivity index (χ1) is 11.6. The molecule has 0 saturated carbocycles. The Morgan fingerprint density at radius 3 is 2.38 bits per heavy atom. The molecule has 0 heterocycles. The Morgan fingerprint density at radius 2 is 1.71 bits per heavy atom. The van der Waals surface area contributed by atoms with E-state index in [1.807, 2.05) is 62.4 Å². The second-order valence-corrected chi connectivity index (χ2v) is 5.51. The van der Waals surface area contributed by atoms with Crippen molar-refractivity contribution in [2.75, 3.05) is 20.3 Å². The number of rotatable bonds is 8. The van der Waals surface area contributed by atoms with E-state index >= 15 is 0 Å². The maximum atomic E-state index is 11.9. The van der Waals surface area contributed by atoms with Crippen molar-refractivity contribution in [2.45, 2.75) is 19.9 Å². The lowest BCUT2D eigenvalue weighted by Crippen LogP contribution is -2.39. The first kappa shape index (κ1) is 17.7. The highest BCUT2D eigenvalue weighted by molar-refractivity contribution is 5.77. The van der Waals surface area contributed by atoms with E-state index in [2.05, 4.69) is 5.32 Å². The van der Waals surface area contributed by atoms with Crippen LogP contribution in [0, 0.1) is 6.92 Å². The molecule has 1 N–H and O–H groups in total. The van der Waals surface area contributed by atoms with Crippen LogP contribution in [0.5, 0.6) is 17.2 Å². The van der Waals surface area contributed by atoms with Crippen LogP contribution in [0.2, 0.25) is 0 Å². The van der Waals surface area contributed by atoms with Crippen molar-refractivity contribution in [3.63, 3.8) is 0 Å². The average Bonchev–Trinajstić information content (AvgIpc) is 2.59. The van der Waals surface area contributed by atoms with Gasteiger partial charge in [-0.3, -0.25) is 4.79 Å². The molecule has 1 amide bonds. The summed E-state index contributed by atoms with van der Waals surface area (Å²) in [5.74, 6) is 2.05. The summed E-state index contributed by atoms with van der Waals surface area (Å²) in [5.41, 5.74) is 1.00. The van der Waals surface area contributed by atoms with E-state index in [0.717, 1.165) is 22.8 Å². The monoisotopic (exact) mass is 329 g/mol. The molecule has 2 aromatic carbocycles. The molecule has 128 valence electrons. The summed E-state index contributed by atoms with van der Waals surface area (Å²) in [6.45, 7) is 4.19. The molecule has 0 bridgehead atoms. The minimum atomic E-state index is -0.177. The Balaban J connectivity index is 1.72. The van der Waals surface area contributed by atoms with Crippen LogP contribution in [0.1, 0.15) is 12.5 Å². The van der Waals surface area contributed by atoms with Crippen LogP contribution >= 0.6 is 0 Å². The van der Waals surface area contributed by atoms with Crippen LogP contribution in [-0.2, 0) is 4.79 Å². The zero-order valence-corrected chi connectivity index (χ0v) is 14.2. The smallest absolute Gasteiger partial charge is 0.258 e. The van der Waals surface area contributed by atoms with Gasteiger partial charge in [0.1, 0.15) is 23.9 Å². The van der Waals surface area contributed by atoms with Crippen molar-refractivity contribution in [3.8, 4) is 17.2 Å². The van der Waals surface area contributed by atoms with Crippen LogP contribution in [-0.4, -0.2) is 32.3 Å². The quantitative estimate of drug-likeness (QED) is 0.809. The lowest BCUT2D eigenvalue weighted by Gasteiger charge is -2.16. The summed E-state index contributed by atoms with van der Waals surface area (Å²) in [5, 5.41) is 2.85. The second-order valence-electron chi connectivity index (χ2n) is 5.51. The highest BCUT2D eigenvalue weighted by Gasteiger charge is 2.09. The predicted octanol–water partition coefficient (Wildman–Crippen LogP) is 2.97. The molecule has 24 heavy (non-hydrogen) atoms. The number of carbonyl (C=O) groups is 1. The molecule has 0 aliphatic rings.